The Bertz CT molecular complexity index is 817. The zero-order valence-electron chi connectivity index (χ0n) is 17.3. The van der Waals surface area contributed by atoms with Gasteiger partial charge < -0.3 is 20.1 Å². The number of carbonyl (C=O) groups is 1. The third-order valence-corrected chi connectivity index (χ3v) is 8.59. The standard InChI is InChI=1S/C24H31FN2O3/c25-20-3-1-2-4-21(20)30-19-9-17-5-6-18(10-19)27(17)23(28)26-22-15-7-14-8-16(22)13-24(29,11-14)12-15/h1-4,14-19,22,29H,5-13H2,(H,26,28)/t14?,15?,16?,17-,18+,19-,22-,24-. The maximum absolute atomic E-state index is 14.0. The Morgan fingerprint density at radius 3 is 2.37 bits per heavy atom. The molecule has 30 heavy (non-hydrogen) atoms. The summed E-state index contributed by atoms with van der Waals surface area (Å²) in [5, 5.41) is 14.2. The highest BCUT2D eigenvalue weighted by atomic mass is 19.1. The first-order chi connectivity index (χ1) is 14.5. The van der Waals surface area contributed by atoms with Crippen LogP contribution in [-0.4, -0.2) is 45.9 Å². The molecule has 6 aliphatic rings. The van der Waals surface area contributed by atoms with Crippen LogP contribution in [0, 0.1) is 23.6 Å². The van der Waals surface area contributed by atoms with Gasteiger partial charge in [0.1, 0.15) is 6.10 Å². The van der Waals surface area contributed by atoms with E-state index in [4.69, 9.17) is 4.74 Å². The molecule has 6 bridgehead atoms. The number of benzene rings is 1. The number of amides is 2. The van der Waals surface area contributed by atoms with Crippen LogP contribution in [0.3, 0.4) is 0 Å². The van der Waals surface area contributed by atoms with Crippen LogP contribution in [0.25, 0.3) is 0 Å². The lowest BCUT2D eigenvalue weighted by Gasteiger charge is -2.58. The van der Waals surface area contributed by atoms with E-state index in [1.54, 1.807) is 18.2 Å². The summed E-state index contributed by atoms with van der Waals surface area (Å²) in [7, 11) is 0. The Balaban J connectivity index is 1.11. The molecule has 2 aliphatic heterocycles. The molecule has 2 unspecified atom stereocenters. The van der Waals surface area contributed by atoms with E-state index < -0.39 is 5.60 Å². The maximum atomic E-state index is 14.0. The highest BCUT2D eigenvalue weighted by Gasteiger charge is 2.55. The number of rotatable bonds is 3. The number of nitrogens with one attached hydrogen (secondary N) is 1. The van der Waals surface area contributed by atoms with E-state index in [2.05, 4.69) is 10.2 Å². The molecule has 0 radical (unpaired) electrons. The van der Waals surface area contributed by atoms with Crippen molar-refractivity contribution in [2.45, 2.75) is 87.6 Å². The smallest absolute Gasteiger partial charge is 0.318 e. The van der Waals surface area contributed by atoms with Crippen LogP contribution >= 0.6 is 0 Å². The molecule has 0 aromatic heterocycles. The predicted octanol–water partition coefficient (Wildman–Crippen LogP) is 3.85. The molecule has 6 fully saturated rings. The Labute approximate surface area is 177 Å². The van der Waals surface area contributed by atoms with Gasteiger partial charge in [0.15, 0.2) is 11.6 Å². The fourth-order valence-corrected chi connectivity index (χ4v) is 7.71. The van der Waals surface area contributed by atoms with Crippen molar-refractivity contribution in [3.63, 3.8) is 0 Å². The van der Waals surface area contributed by atoms with Gasteiger partial charge in [0.2, 0.25) is 0 Å². The van der Waals surface area contributed by atoms with Gasteiger partial charge in [-0.05, 0) is 74.8 Å². The number of para-hydroxylation sites is 1. The normalized spacial score (nSPS) is 43.7. The lowest BCUT2D eigenvalue weighted by molar-refractivity contribution is -0.137. The van der Waals surface area contributed by atoms with Gasteiger partial charge in [-0.2, -0.15) is 0 Å². The molecule has 2 heterocycles. The van der Waals surface area contributed by atoms with E-state index in [0.29, 0.717) is 23.5 Å². The van der Waals surface area contributed by atoms with Gasteiger partial charge in [-0.1, -0.05) is 12.1 Å². The van der Waals surface area contributed by atoms with E-state index in [0.717, 1.165) is 57.8 Å². The highest BCUT2D eigenvalue weighted by molar-refractivity contribution is 5.76. The van der Waals surface area contributed by atoms with E-state index in [1.165, 1.54) is 6.07 Å². The fraction of sp³-hybridized carbons (Fsp3) is 0.708. The molecule has 5 atom stereocenters. The maximum Gasteiger partial charge on any atom is 0.318 e. The monoisotopic (exact) mass is 414 g/mol. The van der Waals surface area contributed by atoms with Crippen molar-refractivity contribution < 1.29 is 19.0 Å². The van der Waals surface area contributed by atoms with Crippen molar-refractivity contribution in [2.24, 2.45) is 17.8 Å². The Morgan fingerprint density at radius 1 is 1.07 bits per heavy atom. The third-order valence-electron chi connectivity index (χ3n) is 8.59. The van der Waals surface area contributed by atoms with Crippen molar-refractivity contribution in [1.82, 2.24) is 10.2 Å². The van der Waals surface area contributed by atoms with Crippen molar-refractivity contribution in [2.75, 3.05) is 0 Å². The summed E-state index contributed by atoms with van der Waals surface area (Å²) >= 11 is 0. The molecule has 162 valence electrons. The second kappa shape index (κ2) is 6.84. The summed E-state index contributed by atoms with van der Waals surface area (Å²) in [4.78, 5) is 15.4. The second-order valence-corrected chi connectivity index (χ2v) is 10.6. The molecule has 0 spiro atoms. The van der Waals surface area contributed by atoms with Crippen molar-refractivity contribution in [3.05, 3.63) is 30.1 Å². The Morgan fingerprint density at radius 2 is 1.73 bits per heavy atom. The van der Waals surface area contributed by atoms with Crippen molar-refractivity contribution in [3.8, 4) is 5.75 Å². The predicted molar refractivity (Wildman–Crippen MR) is 110 cm³/mol. The summed E-state index contributed by atoms with van der Waals surface area (Å²) in [5.74, 6) is 1.47. The number of ether oxygens (including phenoxy) is 1. The number of urea groups is 1. The zero-order chi connectivity index (χ0) is 20.5. The van der Waals surface area contributed by atoms with Gasteiger partial charge in [-0.3, -0.25) is 0 Å². The first-order valence-electron chi connectivity index (χ1n) is 11.7. The summed E-state index contributed by atoms with van der Waals surface area (Å²) in [6, 6.07) is 7.17. The number of aliphatic hydroxyl groups is 1. The number of piperidine rings is 1. The molecule has 1 aromatic rings. The van der Waals surface area contributed by atoms with E-state index in [1.807, 2.05) is 0 Å². The third kappa shape index (κ3) is 3.10. The zero-order valence-corrected chi connectivity index (χ0v) is 17.3. The number of nitrogens with zero attached hydrogens (tertiary/aromatic N) is 1. The molecule has 6 heteroatoms. The largest absolute Gasteiger partial charge is 0.487 e. The highest BCUT2D eigenvalue weighted by Crippen LogP contribution is 2.55. The number of carbonyl (C=O) groups excluding carboxylic acids is 1. The van der Waals surface area contributed by atoms with Crippen LogP contribution in [0.2, 0.25) is 0 Å². The molecule has 5 nitrogen and oxygen atoms in total. The molecular formula is C24H31FN2O3. The number of hydrogen-bond donors (Lipinski definition) is 2. The summed E-state index contributed by atoms with van der Waals surface area (Å²) in [6.07, 6.45) is 8.41. The number of hydrogen-bond acceptors (Lipinski definition) is 3. The number of halogens is 1. The van der Waals surface area contributed by atoms with Crippen molar-refractivity contribution >= 4 is 6.03 Å². The Kier molecular flexibility index (Phi) is 4.31. The van der Waals surface area contributed by atoms with Crippen LogP contribution in [0.1, 0.15) is 57.8 Å². The first-order valence-corrected chi connectivity index (χ1v) is 11.7. The average molecular weight is 415 g/mol. The van der Waals surface area contributed by atoms with Crippen molar-refractivity contribution in [1.29, 1.82) is 0 Å². The van der Waals surface area contributed by atoms with Crippen LogP contribution < -0.4 is 10.1 Å². The molecule has 1 aromatic carbocycles. The second-order valence-electron chi connectivity index (χ2n) is 10.6. The summed E-state index contributed by atoms with van der Waals surface area (Å²) in [6.45, 7) is 0. The van der Waals surface area contributed by atoms with E-state index in [9.17, 15) is 14.3 Å². The van der Waals surface area contributed by atoms with Crippen LogP contribution in [0.15, 0.2) is 24.3 Å². The minimum atomic E-state index is -0.473. The summed E-state index contributed by atoms with van der Waals surface area (Å²) in [5.41, 5.74) is -0.473. The molecule has 7 rings (SSSR count). The van der Waals surface area contributed by atoms with Gasteiger partial charge >= 0.3 is 6.03 Å². The minimum absolute atomic E-state index is 0.0427. The van der Waals surface area contributed by atoms with Crippen LogP contribution in [0.5, 0.6) is 5.75 Å². The molecule has 2 N–H and O–H groups in total. The van der Waals surface area contributed by atoms with E-state index in [-0.39, 0.29) is 36.1 Å². The quantitative estimate of drug-likeness (QED) is 0.790. The lowest BCUT2D eigenvalue weighted by atomic mass is 9.52. The lowest BCUT2D eigenvalue weighted by Crippen LogP contribution is -2.64. The average Bonchev–Trinajstić information content (AvgIpc) is 2.96. The number of fused-ring (bicyclic) bond motifs is 2. The van der Waals surface area contributed by atoms with Crippen LogP contribution in [0.4, 0.5) is 9.18 Å². The molecule has 4 aliphatic carbocycles. The molecule has 2 saturated heterocycles. The van der Waals surface area contributed by atoms with Gasteiger partial charge in [-0.25, -0.2) is 9.18 Å². The fourth-order valence-electron chi connectivity index (χ4n) is 7.71. The molecule has 4 saturated carbocycles. The minimum Gasteiger partial charge on any atom is -0.487 e. The van der Waals surface area contributed by atoms with Gasteiger partial charge in [0.25, 0.3) is 0 Å². The first kappa shape index (κ1) is 18.9. The Hall–Kier alpha value is -1.82. The molecule has 2 amide bonds. The summed E-state index contributed by atoms with van der Waals surface area (Å²) < 4.78 is 19.9. The van der Waals surface area contributed by atoms with Gasteiger partial charge in [-0.15, -0.1) is 0 Å². The SMILES string of the molecule is O=C(N[C@H]1C2CC3CC1C[C@](O)(C3)C2)N1[C@@H]2CC[C@H]1C[C@H](Oc1ccccc1F)C2. The van der Waals surface area contributed by atoms with E-state index >= 15 is 0 Å². The topological polar surface area (TPSA) is 61.8 Å². The van der Waals surface area contributed by atoms with Crippen LogP contribution in [-0.2, 0) is 0 Å². The molecular weight excluding hydrogens is 383 g/mol. The van der Waals surface area contributed by atoms with Gasteiger partial charge in [0.05, 0.1) is 5.60 Å². The van der Waals surface area contributed by atoms with Gasteiger partial charge in [0, 0.05) is 31.0 Å².